The molecule has 3 rings (SSSR count). The van der Waals surface area contributed by atoms with Gasteiger partial charge in [-0.05, 0) is 35.3 Å². The van der Waals surface area contributed by atoms with Gasteiger partial charge >= 0.3 is 0 Å². The second-order valence-electron chi connectivity index (χ2n) is 7.27. The maximum Gasteiger partial charge on any atom is 0.270 e. The number of primary amides is 1. The van der Waals surface area contributed by atoms with E-state index in [-0.39, 0.29) is 36.0 Å². The molecule has 2 heterocycles. The van der Waals surface area contributed by atoms with E-state index in [1.54, 1.807) is 30.5 Å². The van der Waals surface area contributed by atoms with Crippen molar-refractivity contribution >= 4 is 45.8 Å². The summed E-state index contributed by atoms with van der Waals surface area (Å²) in [6.07, 6.45) is 1.67. The first-order valence-electron chi connectivity index (χ1n) is 10.3. The molecule has 180 valence electrons. The fraction of sp³-hybridized carbons (Fsp3) is 0.318. The molecular weight excluding hydrogens is 460 g/mol. The zero-order valence-electron chi connectivity index (χ0n) is 18.8. The zero-order valence-corrected chi connectivity index (χ0v) is 19.6. The van der Waals surface area contributed by atoms with E-state index in [1.165, 1.54) is 19.1 Å². The van der Waals surface area contributed by atoms with Crippen LogP contribution in [-0.4, -0.2) is 72.5 Å². The quantitative estimate of drug-likeness (QED) is 0.338. The lowest BCUT2D eigenvalue weighted by Gasteiger charge is -2.31. The molecule has 0 radical (unpaired) electrons. The van der Waals surface area contributed by atoms with E-state index >= 15 is 0 Å². The van der Waals surface area contributed by atoms with Crippen molar-refractivity contribution in [3.8, 4) is 0 Å². The van der Waals surface area contributed by atoms with Crippen LogP contribution >= 0.6 is 11.5 Å². The Balaban J connectivity index is 2.08. The normalized spacial score (nSPS) is 11.8. The number of hydrogen-bond acceptors (Lipinski definition) is 9. The molecule has 3 aromatic rings. The van der Waals surface area contributed by atoms with E-state index in [2.05, 4.69) is 14.7 Å². The third-order valence-corrected chi connectivity index (χ3v) is 5.91. The summed E-state index contributed by atoms with van der Waals surface area (Å²) in [5.41, 5.74) is 12.3. The number of anilines is 1. The van der Waals surface area contributed by atoms with Gasteiger partial charge in [0.15, 0.2) is 5.69 Å². The number of nitrogen functional groups attached to an aromatic ring is 1. The van der Waals surface area contributed by atoms with Crippen molar-refractivity contribution in [1.29, 1.82) is 0 Å². The largest absolute Gasteiger partial charge is 0.395 e. The maximum absolute atomic E-state index is 13.6. The van der Waals surface area contributed by atoms with Crippen LogP contribution in [0.1, 0.15) is 31.8 Å². The van der Waals surface area contributed by atoms with Gasteiger partial charge in [0.1, 0.15) is 10.9 Å². The Morgan fingerprint density at radius 2 is 1.94 bits per heavy atom. The number of amides is 3. The van der Waals surface area contributed by atoms with Gasteiger partial charge < -0.3 is 31.2 Å². The van der Waals surface area contributed by atoms with Crippen LogP contribution in [0, 0.1) is 0 Å². The average molecular weight is 487 g/mol. The first-order chi connectivity index (χ1) is 16.4. The molecular formula is C22H26N6O5S. The molecule has 0 aliphatic carbocycles. The number of hydrogen-bond donors (Lipinski definition) is 3. The van der Waals surface area contributed by atoms with E-state index in [0.717, 1.165) is 22.4 Å². The van der Waals surface area contributed by atoms with Gasteiger partial charge in [0, 0.05) is 38.9 Å². The molecule has 3 amide bonds. The number of ether oxygens (including phenoxy) is 2. The van der Waals surface area contributed by atoms with Crippen LogP contribution in [0.3, 0.4) is 0 Å². The monoisotopic (exact) mass is 486 g/mol. The Bertz CT molecular complexity index is 1180. The number of fused-ring (bicyclic) bond motifs is 1. The van der Waals surface area contributed by atoms with E-state index in [4.69, 9.17) is 20.9 Å². The van der Waals surface area contributed by atoms with Crippen LogP contribution < -0.4 is 16.8 Å². The Morgan fingerprint density at radius 3 is 2.62 bits per heavy atom. The second kappa shape index (κ2) is 11.5. The Hall–Kier alpha value is -3.61. The fourth-order valence-corrected chi connectivity index (χ4v) is 4.17. The van der Waals surface area contributed by atoms with E-state index in [9.17, 15) is 14.4 Å². The molecule has 1 atom stereocenters. The summed E-state index contributed by atoms with van der Waals surface area (Å²) in [6.45, 7) is 0.786. The predicted octanol–water partition coefficient (Wildman–Crippen LogP) is 0.965. The number of nitrogens with zero attached hydrogens (tertiary/aromatic N) is 3. The highest BCUT2D eigenvalue weighted by Crippen LogP contribution is 2.30. The van der Waals surface area contributed by atoms with Crippen LogP contribution in [-0.2, 0) is 14.3 Å². The Kier molecular flexibility index (Phi) is 8.46. The van der Waals surface area contributed by atoms with Gasteiger partial charge in [0.25, 0.3) is 11.8 Å². The highest BCUT2D eigenvalue weighted by molar-refractivity contribution is 7.09. The summed E-state index contributed by atoms with van der Waals surface area (Å²) in [4.78, 5) is 44.2. The molecule has 0 fully saturated rings. The van der Waals surface area contributed by atoms with Crippen LogP contribution in [0.4, 0.5) is 5.69 Å². The summed E-state index contributed by atoms with van der Waals surface area (Å²) < 4.78 is 14.1. The molecule has 0 spiro atoms. The molecule has 1 aromatic carbocycles. The molecule has 0 saturated carbocycles. The minimum Gasteiger partial charge on any atom is -0.395 e. The number of aromatic nitrogens is 2. The highest BCUT2D eigenvalue weighted by Gasteiger charge is 2.34. The van der Waals surface area contributed by atoms with Gasteiger partial charge in [-0.25, -0.2) is 0 Å². The van der Waals surface area contributed by atoms with Gasteiger partial charge in [-0.2, -0.15) is 4.37 Å². The van der Waals surface area contributed by atoms with Crippen LogP contribution in [0.2, 0.25) is 0 Å². The number of nitrogens with two attached hydrogens (primary N) is 2. The number of carbonyl (C=O) groups is 3. The molecule has 0 unspecified atom stereocenters. The van der Waals surface area contributed by atoms with Gasteiger partial charge in [0.2, 0.25) is 5.91 Å². The Labute approximate surface area is 200 Å². The van der Waals surface area contributed by atoms with Crippen LogP contribution in [0.5, 0.6) is 0 Å². The van der Waals surface area contributed by atoms with Gasteiger partial charge in [0.05, 0.1) is 24.4 Å². The summed E-state index contributed by atoms with van der Waals surface area (Å²) >= 11 is 0.753. The standard InChI is InChI=1S/C22H26N6O5S/c1-32-10-8-26-21(30)18(14-5-6-15-13(12-14)4-3-7-25-15)28(9-11-33-2)22(31)19-16(23)17(20(24)29)27-34-19/h3-7,12,18H,8-11,23H2,1-2H3,(H2,24,29)(H,26,30)/t18-/m0/s1. The van der Waals surface area contributed by atoms with Crippen LogP contribution in [0.25, 0.3) is 10.9 Å². The molecule has 5 N–H and O–H groups in total. The van der Waals surface area contributed by atoms with Crippen molar-refractivity contribution in [2.75, 3.05) is 46.3 Å². The third kappa shape index (κ3) is 5.47. The van der Waals surface area contributed by atoms with E-state index < -0.39 is 23.8 Å². The number of rotatable bonds is 11. The number of methoxy groups -OCH3 is 2. The van der Waals surface area contributed by atoms with Gasteiger partial charge in [-0.3, -0.25) is 19.4 Å². The topological polar surface area (TPSA) is 163 Å². The maximum atomic E-state index is 13.6. The first-order valence-corrected chi connectivity index (χ1v) is 11.1. The molecule has 11 nitrogen and oxygen atoms in total. The van der Waals surface area contributed by atoms with Gasteiger partial charge in [-0.15, -0.1) is 0 Å². The summed E-state index contributed by atoms with van der Waals surface area (Å²) in [6, 6.07) is 7.97. The van der Waals surface area contributed by atoms with Crippen molar-refractivity contribution < 1.29 is 23.9 Å². The SMILES string of the molecule is COCCNC(=O)[C@H](c1ccc2ncccc2c1)N(CCOC)C(=O)c1snc(C(N)=O)c1N. The van der Waals surface area contributed by atoms with Crippen molar-refractivity contribution in [2.24, 2.45) is 5.73 Å². The van der Waals surface area contributed by atoms with Crippen LogP contribution in [0.15, 0.2) is 36.5 Å². The van der Waals surface area contributed by atoms with Crippen molar-refractivity contribution in [2.45, 2.75) is 6.04 Å². The molecule has 34 heavy (non-hydrogen) atoms. The minimum absolute atomic E-state index is 0.0158. The summed E-state index contributed by atoms with van der Waals surface area (Å²) in [5, 5.41) is 3.61. The molecule has 0 bridgehead atoms. The first kappa shape index (κ1) is 25.0. The number of pyridine rings is 1. The summed E-state index contributed by atoms with van der Waals surface area (Å²) in [7, 11) is 3.02. The van der Waals surface area contributed by atoms with Crippen molar-refractivity contribution in [3.05, 3.63) is 52.7 Å². The van der Waals surface area contributed by atoms with Crippen molar-refractivity contribution in [1.82, 2.24) is 19.6 Å². The molecule has 0 aliphatic rings. The smallest absolute Gasteiger partial charge is 0.270 e. The fourth-order valence-electron chi connectivity index (χ4n) is 3.41. The molecule has 12 heteroatoms. The highest BCUT2D eigenvalue weighted by atomic mass is 32.1. The van der Waals surface area contributed by atoms with E-state index in [0.29, 0.717) is 12.2 Å². The number of carbonyl (C=O) groups excluding carboxylic acids is 3. The lowest BCUT2D eigenvalue weighted by atomic mass is 10.0. The van der Waals surface area contributed by atoms with E-state index in [1.807, 2.05) is 6.07 Å². The van der Waals surface area contributed by atoms with Gasteiger partial charge in [-0.1, -0.05) is 12.1 Å². The third-order valence-electron chi connectivity index (χ3n) is 5.06. The average Bonchev–Trinajstić information content (AvgIpc) is 3.22. The minimum atomic E-state index is -1.03. The summed E-state index contributed by atoms with van der Waals surface area (Å²) in [5.74, 6) is -1.83. The Morgan fingerprint density at radius 1 is 1.18 bits per heavy atom. The molecule has 2 aromatic heterocycles. The zero-order chi connectivity index (χ0) is 24.7. The molecule has 0 saturated heterocycles. The lowest BCUT2D eigenvalue weighted by molar-refractivity contribution is -0.126. The number of benzene rings is 1. The number of nitrogens with one attached hydrogen (secondary N) is 1. The van der Waals surface area contributed by atoms with Crippen molar-refractivity contribution in [3.63, 3.8) is 0 Å². The predicted molar refractivity (Wildman–Crippen MR) is 127 cm³/mol. The molecule has 0 aliphatic heterocycles. The second-order valence-corrected chi connectivity index (χ2v) is 8.04. The lowest BCUT2D eigenvalue weighted by Crippen LogP contribution is -2.45.